The fourth-order valence-corrected chi connectivity index (χ4v) is 3.62. The van der Waals surface area contributed by atoms with Crippen molar-refractivity contribution < 1.29 is 28.2 Å². The lowest BCUT2D eigenvalue weighted by Gasteiger charge is -2.21. The van der Waals surface area contributed by atoms with Gasteiger partial charge in [0.05, 0.1) is 17.9 Å². The third kappa shape index (κ3) is 2.77. The van der Waals surface area contributed by atoms with Gasteiger partial charge < -0.3 is 15.2 Å². The van der Waals surface area contributed by atoms with Crippen LogP contribution in [0.3, 0.4) is 0 Å². The van der Waals surface area contributed by atoms with Crippen LogP contribution in [0.4, 0.5) is 8.78 Å². The van der Waals surface area contributed by atoms with Gasteiger partial charge in [-0.2, -0.15) is 0 Å². The molecule has 5 nitrogen and oxygen atoms in total. The minimum atomic E-state index is -0.986. The van der Waals surface area contributed by atoms with Gasteiger partial charge in [-0.05, 0) is 29.5 Å². The van der Waals surface area contributed by atoms with Gasteiger partial charge in [0.15, 0.2) is 11.6 Å². The fraction of sp³-hybridized carbons (Fsp3) is 0.529. The fourth-order valence-electron chi connectivity index (χ4n) is 3.62. The molecule has 1 saturated carbocycles. The van der Waals surface area contributed by atoms with Crippen molar-refractivity contribution in [2.45, 2.75) is 32.4 Å². The van der Waals surface area contributed by atoms with E-state index in [1.165, 1.54) is 6.07 Å². The van der Waals surface area contributed by atoms with Gasteiger partial charge in [0.25, 0.3) is 0 Å². The van der Waals surface area contributed by atoms with Crippen molar-refractivity contribution in [3.63, 3.8) is 0 Å². The number of carboxylic acid groups (broad SMARTS) is 1. The maximum atomic E-state index is 13.4. The van der Waals surface area contributed by atoms with Crippen molar-refractivity contribution in [3.05, 3.63) is 35.4 Å². The van der Waals surface area contributed by atoms with E-state index in [0.29, 0.717) is 18.6 Å². The van der Waals surface area contributed by atoms with Crippen molar-refractivity contribution in [1.29, 1.82) is 0 Å². The summed E-state index contributed by atoms with van der Waals surface area (Å²) in [6.07, 6.45) is -0.0468. The summed E-state index contributed by atoms with van der Waals surface area (Å²) < 4.78 is 32.0. The van der Waals surface area contributed by atoms with Gasteiger partial charge in [-0.3, -0.25) is 9.59 Å². The first-order chi connectivity index (χ1) is 11.2. The van der Waals surface area contributed by atoms with E-state index < -0.39 is 47.0 Å². The molecule has 1 aromatic carbocycles. The Morgan fingerprint density at radius 3 is 2.54 bits per heavy atom. The van der Waals surface area contributed by atoms with Crippen LogP contribution in [0.5, 0.6) is 0 Å². The van der Waals surface area contributed by atoms with Crippen molar-refractivity contribution in [3.8, 4) is 0 Å². The molecule has 1 aliphatic carbocycles. The minimum Gasteiger partial charge on any atom is -0.481 e. The number of hydrogen-bond donors (Lipinski definition) is 2. The van der Waals surface area contributed by atoms with Crippen LogP contribution in [0, 0.1) is 28.9 Å². The second-order valence-corrected chi connectivity index (χ2v) is 6.98. The lowest BCUT2D eigenvalue weighted by molar-refractivity contribution is -0.140. The zero-order valence-electron chi connectivity index (χ0n) is 13.4. The number of benzene rings is 1. The summed E-state index contributed by atoms with van der Waals surface area (Å²) >= 11 is 0. The summed E-state index contributed by atoms with van der Waals surface area (Å²) in [4.78, 5) is 23.6. The summed E-state index contributed by atoms with van der Waals surface area (Å²) in [7, 11) is 0. The topological polar surface area (TPSA) is 75.6 Å². The molecule has 1 heterocycles. The third-order valence-corrected chi connectivity index (χ3v) is 5.07. The average molecular weight is 339 g/mol. The Morgan fingerprint density at radius 2 is 1.96 bits per heavy atom. The van der Waals surface area contributed by atoms with Gasteiger partial charge in [-0.25, -0.2) is 8.78 Å². The van der Waals surface area contributed by atoms with Gasteiger partial charge in [0.2, 0.25) is 5.91 Å². The van der Waals surface area contributed by atoms with E-state index in [-0.39, 0.29) is 5.91 Å². The van der Waals surface area contributed by atoms with Gasteiger partial charge in [0, 0.05) is 6.61 Å². The van der Waals surface area contributed by atoms with Gasteiger partial charge in [-0.15, -0.1) is 0 Å². The molecule has 1 aromatic rings. The molecule has 1 amide bonds. The maximum Gasteiger partial charge on any atom is 0.307 e. The van der Waals surface area contributed by atoms with Crippen molar-refractivity contribution in [2.75, 3.05) is 6.61 Å². The predicted octanol–water partition coefficient (Wildman–Crippen LogP) is 2.27. The summed E-state index contributed by atoms with van der Waals surface area (Å²) in [6, 6.07) is 3.11. The van der Waals surface area contributed by atoms with Crippen LogP contribution in [-0.2, 0) is 14.3 Å². The van der Waals surface area contributed by atoms with Crippen LogP contribution in [0.25, 0.3) is 0 Å². The molecular formula is C17H19F2NO4. The molecule has 0 bridgehead atoms. The standard InChI is InChI=1S/C17H19F2NO4/c1-17(2)12(13(17)16(22)23)15(21)20-11-5-6-24-14(11)8-3-4-9(18)10(19)7-8/h3-4,7,11-14H,5-6H2,1-2H3,(H,20,21)(H,22,23)/t11?,12-,13+,14?/m1/s1. The highest BCUT2D eigenvalue weighted by molar-refractivity contribution is 5.91. The lowest BCUT2D eigenvalue weighted by atomic mass is 10.0. The number of hydrogen-bond acceptors (Lipinski definition) is 3. The molecule has 2 fully saturated rings. The Kier molecular flexibility index (Phi) is 4.07. The van der Waals surface area contributed by atoms with E-state index in [0.717, 1.165) is 12.1 Å². The molecule has 1 saturated heterocycles. The van der Waals surface area contributed by atoms with Crippen LogP contribution in [0.1, 0.15) is 31.9 Å². The number of aliphatic carboxylic acids is 1. The highest BCUT2D eigenvalue weighted by atomic mass is 19.2. The van der Waals surface area contributed by atoms with Crippen molar-refractivity contribution >= 4 is 11.9 Å². The molecule has 2 unspecified atom stereocenters. The molecule has 2 N–H and O–H groups in total. The molecule has 130 valence electrons. The number of nitrogens with one attached hydrogen (secondary N) is 1. The largest absolute Gasteiger partial charge is 0.481 e. The second kappa shape index (κ2) is 5.81. The van der Waals surface area contributed by atoms with Crippen LogP contribution < -0.4 is 5.32 Å². The van der Waals surface area contributed by atoms with E-state index >= 15 is 0 Å². The normalized spacial score (nSPS) is 30.8. The first-order valence-corrected chi connectivity index (χ1v) is 7.83. The Morgan fingerprint density at radius 1 is 1.25 bits per heavy atom. The summed E-state index contributed by atoms with van der Waals surface area (Å²) in [5, 5.41) is 12.0. The zero-order chi connectivity index (χ0) is 17.6. The molecular weight excluding hydrogens is 320 g/mol. The zero-order valence-corrected chi connectivity index (χ0v) is 13.4. The highest BCUT2D eigenvalue weighted by Gasteiger charge is 2.66. The molecule has 1 aliphatic heterocycles. The predicted molar refractivity (Wildman–Crippen MR) is 80.0 cm³/mol. The van der Waals surface area contributed by atoms with Gasteiger partial charge >= 0.3 is 5.97 Å². The van der Waals surface area contributed by atoms with Crippen molar-refractivity contribution in [1.82, 2.24) is 5.32 Å². The molecule has 0 aromatic heterocycles. The van der Waals surface area contributed by atoms with Crippen LogP contribution >= 0.6 is 0 Å². The van der Waals surface area contributed by atoms with E-state index in [4.69, 9.17) is 4.74 Å². The quantitative estimate of drug-likeness (QED) is 0.882. The maximum absolute atomic E-state index is 13.4. The monoisotopic (exact) mass is 339 g/mol. The molecule has 24 heavy (non-hydrogen) atoms. The Bertz CT molecular complexity index is 691. The number of amides is 1. The highest BCUT2D eigenvalue weighted by Crippen LogP contribution is 2.58. The van der Waals surface area contributed by atoms with E-state index in [9.17, 15) is 23.5 Å². The second-order valence-electron chi connectivity index (χ2n) is 6.98. The molecule has 2 aliphatic rings. The molecule has 4 atom stereocenters. The van der Waals surface area contributed by atoms with E-state index in [2.05, 4.69) is 5.32 Å². The summed E-state index contributed by atoms with van der Waals surface area (Å²) in [6.45, 7) is 3.87. The van der Waals surface area contributed by atoms with Gasteiger partial charge in [-0.1, -0.05) is 19.9 Å². The lowest BCUT2D eigenvalue weighted by Crippen LogP contribution is -2.38. The minimum absolute atomic E-state index is 0.338. The number of rotatable bonds is 4. The number of ether oxygens (including phenoxy) is 1. The van der Waals surface area contributed by atoms with Crippen LogP contribution in [0.2, 0.25) is 0 Å². The average Bonchev–Trinajstić information content (AvgIpc) is 2.85. The molecule has 0 spiro atoms. The Hall–Kier alpha value is -2.02. The molecule has 7 heteroatoms. The Labute approximate surface area is 138 Å². The number of carbonyl (C=O) groups excluding carboxylic acids is 1. The van der Waals surface area contributed by atoms with Crippen LogP contribution in [-0.4, -0.2) is 29.6 Å². The first-order valence-electron chi connectivity index (χ1n) is 7.83. The number of carboxylic acids is 1. The van der Waals surface area contributed by atoms with E-state index in [1.807, 2.05) is 0 Å². The smallest absolute Gasteiger partial charge is 0.307 e. The summed E-state index contributed by atoms with van der Waals surface area (Å²) in [5.41, 5.74) is -0.145. The van der Waals surface area contributed by atoms with E-state index in [1.54, 1.807) is 13.8 Å². The number of carbonyl (C=O) groups is 2. The van der Waals surface area contributed by atoms with Gasteiger partial charge in [0.1, 0.15) is 6.10 Å². The first kappa shape index (κ1) is 16.8. The third-order valence-electron chi connectivity index (χ3n) is 5.07. The SMILES string of the molecule is CC1(C)[C@H](C(=O)O)[C@@H]1C(=O)NC1CCOC1c1ccc(F)c(F)c1. The van der Waals surface area contributed by atoms with Crippen LogP contribution in [0.15, 0.2) is 18.2 Å². The molecule has 0 radical (unpaired) electrons. The number of halogens is 2. The van der Waals surface area contributed by atoms with Crippen molar-refractivity contribution in [2.24, 2.45) is 17.3 Å². The Balaban J connectivity index is 1.71. The summed E-state index contributed by atoms with van der Waals surface area (Å²) in [5.74, 6) is -4.54. The molecule has 3 rings (SSSR count).